The molecule has 4 fully saturated rings. The number of hydrogen-bond donors (Lipinski definition) is 3. The number of nitrogens with one attached hydrogen (secondary N) is 3. The largest absolute Gasteiger partial charge is 0.471 e. The van der Waals surface area contributed by atoms with Gasteiger partial charge in [0.05, 0.1) is 12.0 Å². The standard InChI is InChI=1S/C25H34F6N4O6S/c1-23(2,3)18(34-22(39)25(29,30)31)21(38)35-14-5-6-15(24(27,28)11-14)17(35)20(37)33-13(10-16(26)42(4,40)41)9-12-7-8-32-19(12)36/h10,12-15,17-18H,5-9,11H2,1-4H3,(H,32,36)(H,33,37)(H,34,39)/b16-10-/t12-,13+,14+,15+,17+,18-/m1/s1. The van der Waals surface area contributed by atoms with E-state index in [2.05, 4.69) is 10.6 Å². The highest BCUT2D eigenvalue weighted by Gasteiger charge is 2.61. The van der Waals surface area contributed by atoms with Gasteiger partial charge in [0.2, 0.25) is 32.7 Å². The van der Waals surface area contributed by atoms with Gasteiger partial charge in [0, 0.05) is 31.2 Å². The molecule has 4 rings (SSSR count). The van der Waals surface area contributed by atoms with Crippen molar-refractivity contribution in [2.24, 2.45) is 17.3 Å². The van der Waals surface area contributed by atoms with E-state index in [1.54, 1.807) is 5.32 Å². The lowest BCUT2D eigenvalue weighted by atomic mass is 9.70. The van der Waals surface area contributed by atoms with E-state index < -0.39 is 98.6 Å². The van der Waals surface area contributed by atoms with Crippen LogP contribution in [0.2, 0.25) is 0 Å². The third kappa shape index (κ3) is 7.37. The number of carbonyl (C=O) groups is 4. The molecule has 6 atom stereocenters. The minimum absolute atomic E-state index is 0.00808. The third-order valence-electron chi connectivity index (χ3n) is 7.82. The fourth-order valence-electron chi connectivity index (χ4n) is 5.73. The first kappa shape index (κ1) is 33.6. The van der Waals surface area contributed by atoms with E-state index >= 15 is 8.78 Å². The van der Waals surface area contributed by atoms with Crippen LogP contribution in [0.4, 0.5) is 26.3 Å². The number of sulfone groups is 1. The van der Waals surface area contributed by atoms with E-state index in [4.69, 9.17) is 0 Å². The predicted molar refractivity (Wildman–Crippen MR) is 136 cm³/mol. The predicted octanol–water partition coefficient (Wildman–Crippen LogP) is 1.96. The van der Waals surface area contributed by atoms with Crippen molar-refractivity contribution in [1.29, 1.82) is 0 Å². The van der Waals surface area contributed by atoms with Gasteiger partial charge in [0.15, 0.2) is 0 Å². The molecule has 0 aromatic heterocycles. The van der Waals surface area contributed by atoms with Crippen LogP contribution < -0.4 is 16.0 Å². The second kappa shape index (κ2) is 11.7. The highest BCUT2D eigenvalue weighted by molar-refractivity contribution is 7.94. The highest BCUT2D eigenvalue weighted by atomic mass is 32.2. The van der Waals surface area contributed by atoms with E-state index in [-0.39, 0.29) is 32.2 Å². The lowest BCUT2D eigenvalue weighted by molar-refractivity contribution is -0.197. The van der Waals surface area contributed by atoms with Gasteiger partial charge in [-0.1, -0.05) is 20.8 Å². The van der Waals surface area contributed by atoms with Crippen molar-refractivity contribution in [2.75, 3.05) is 12.8 Å². The first-order valence-corrected chi connectivity index (χ1v) is 15.2. The van der Waals surface area contributed by atoms with Crippen molar-refractivity contribution >= 4 is 33.5 Å². The average Bonchev–Trinajstić information content (AvgIpc) is 3.22. The Labute approximate surface area is 238 Å². The Bertz CT molecular complexity index is 1250. The molecule has 1 saturated carbocycles. The number of carbonyl (C=O) groups excluding carboxylic acids is 4. The SMILES string of the molecule is CC(C)(C)[C@H](NC(=O)C(F)(F)F)C(=O)N1[C@H]2CC[C@@H]([C@H]1C(=O)N[C@H](/C=C(/F)S(C)(=O)=O)C[C@H]1CCNC1=O)C(F)(F)C2. The number of hydrogen-bond acceptors (Lipinski definition) is 6. The zero-order valence-electron chi connectivity index (χ0n) is 23.4. The molecule has 3 aliphatic heterocycles. The van der Waals surface area contributed by atoms with Gasteiger partial charge in [-0.05, 0) is 37.2 Å². The first-order chi connectivity index (χ1) is 19.0. The van der Waals surface area contributed by atoms with Gasteiger partial charge < -0.3 is 20.9 Å². The quantitative estimate of drug-likeness (QED) is 0.350. The topological polar surface area (TPSA) is 142 Å². The number of piperidine rings is 2. The van der Waals surface area contributed by atoms with Crippen LogP contribution in [0.25, 0.3) is 0 Å². The van der Waals surface area contributed by atoms with Crippen LogP contribution in [-0.2, 0) is 29.0 Å². The molecule has 0 spiro atoms. The fraction of sp³-hybridized carbons (Fsp3) is 0.760. The van der Waals surface area contributed by atoms with E-state index in [9.17, 15) is 45.2 Å². The molecule has 0 unspecified atom stereocenters. The maximum absolute atomic E-state index is 15.1. The van der Waals surface area contributed by atoms with Gasteiger partial charge >= 0.3 is 12.1 Å². The van der Waals surface area contributed by atoms with Gasteiger partial charge in [-0.25, -0.2) is 17.2 Å². The van der Waals surface area contributed by atoms with Gasteiger partial charge in [-0.15, -0.1) is 0 Å². The molecule has 3 N–H and O–H groups in total. The van der Waals surface area contributed by atoms with Crippen LogP contribution in [0.3, 0.4) is 0 Å². The molecule has 10 nitrogen and oxygen atoms in total. The summed E-state index contributed by atoms with van der Waals surface area (Å²) < 4.78 is 107. The van der Waals surface area contributed by atoms with Crippen molar-refractivity contribution in [1.82, 2.24) is 20.9 Å². The number of halogens is 6. The molecular formula is C25H34F6N4O6S. The van der Waals surface area contributed by atoms with Gasteiger partial charge in [-0.3, -0.25) is 19.2 Å². The molecule has 4 aliphatic rings. The summed E-state index contributed by atoms with van der Waals surface area (Å²) in [4.78, 5) is 52.0. The summed E-state index contributed by atoms with van der Waals surface area (Å²) in [6.45, 7) is 4.31. The summed E-state index contributed by atoms with van der Waals surface area (Å²) in [7, 11) is -4.38. The van der Waals surface area contributed by atoms with Crippen LogP contribution in [0.1, 0.15) is 52.9 Å². The summed E-state index contributed by atoms with van der Waals surface area (Å²) >= 11 is 0. The average molecular weight is 633 g/mol. The molecule has 0 radical (unpaired) electrons. The zero-order chi connectivity index (χ0) is 32.0. The smallest absolute Gasteiger partial charge is 0.356 e. The summed E-state index contributed by atoms with van der Waals surface area (Å²) in [5.41, 5.74) is -1.35. The molecule has 17 heteroatoms. The summed E-state index contributed by atoms with van der Waals surface area (Å²) in [6.07, 6.45) is -5.38. The Morgan fingerprint density at radius 1 is 1.12 bits per heavy atom. The van der Waals surface area contributed by atoms with E-state index in [1.165, 1.54) is 20.8 Å². The molecule has 2 bridgehead atoms. The molecule has 0 aromatic carbocycles. The fourth-order valence-corrected chi connectivity index (χ4v) is 6.14. The van der Waals surface area contributed by atoms with Crippen molar-refractivity contribution in [3.8, 4) is 0 Å². The Morgan fingerprint density at radius 2 is 1.74 bits per heavy atom. The maximum atomic E-state index is 15.1. The zero-order valence-corrected chi connectivity index (χ0v) is 24.2. The van der Waals surface area contributed by atoms with Crippen molar-refractivity contribution in [2.45, 2.75) is 89.1 Å². The number of alkyl halides is 5. The Kier molecular flexibility index (Phi) is 9.36. The lowest BCUT2D eigenvalue weighted by Crippen LogP contribution is -2.71. The van der Waals surface area contributed by atoms with E-state index in [1.807, 2.05) is 0 Å². The molecule has 4 amide bonds. The molecule has 3 saturated heterocycles. The second-order valence-corrected chi connectivity index (χ2v) is 14.1. The van der Waals surface area contributed by atoms with Crippen LogP contribution in [0.5, 0.6) is 0 Å². The normalized spacial score (nSPS) is 27.7. The summed E-state index contributed by atoms with van der Waals surface area (Å²) in [6, 6.07) is -6.56. The van der Waals surface area contributed by atoms with E-state index in [0.29, 0.717) is 12.3 Å². The summed E-state index contributed by atoms with van der Waals surface area (Å²) in [5, 5.41) is 4.81. The van der Waals surface area contributed by atoms with Crippen LogP contribution in [0, 0.1) is 17.3 Å². The summed E-state index contributed by atoms with van der Waals surface area (Å²) in [5.74, 6) is -11.3. The number of fused-ring (bicyclic) bond motifs is 3. The maximum Gasteiger partial charge on any atom is 0.471 e. The first-order valence-electron chi connectivity index (χ1n) is 13.3. The van der Waals surface area contributed by atoms with Crippen molar-refractivity contribution in [3.63, 3.8) is 0 Å². The third-order valence-corrected chi connectivity index (χ3v) is 8.66. The van der Waals surface area contributed by atoms with Gasteiger partial charge in [0.25, 0.3) is 5.92 Å². The van der Waals surface area contributed by atoms with Crippen molar-refractivity contribution in [3.05, 3.63) is 11.2 Å². The van der Waals surface area contributed by atoms with Crippen molar-refractivity contribution < 1.29 is 53.9 Å². The van der Waals surface area contributed by atoms with Gasteiger partial charge in [-0.2, -0.15) is 17.6 Å². The van der Waals surface area contributed by atoms with E-state index in [0.717, 1.165) is 4.90 Å². The monoisotopic (exact) mass is 632 g/mol. The van der Waals surface area contributed by atoms with Crippen LogP contribution in [-0.4, -0.2) is 86.0 Å². The molecule has 238 valence electrons. The van der Waals surface area contributed by atoms with Crippen LogP contribution >= 0.6 is 0 Å². The lowest BCUT2D eigenvalue weighted by Gasteiger charge is -2.55. The Morgan fingerprint density at radius 3 is 2.21 bits per heavy atom. The Balaban J connectivity index is 2.00. The molecule has 42 heavy (non-hydrogen) atoms. The van der Waals surface area contributed by atoms with Crippen LogP contribution in [0.15, 0.2) is 11.2 Å². The minimum atomic E-state index is -5.36. The minimum Gasteiger partial charge on any atom is -0.356 e. The Hall–Kier alpha value is -2.85. The number of rotatable bonds is 8. The number of amides is 4. The molecule has 3 heterocycles. The molecule has 0 aromatic rings. The number of nitrogens with zero attached hydrogens (tertiary/aromatic N) is 1. The second-order valence-electron chi connectivity index (χ2n) is 12.1. The van der Waals surface area contributed by atoms with Gasteiger partial charge in [0.1, 0.15) is 12.1 Å². The highest BCUT2D eigenvalue weighted by Crippen LogP contribution is 2.49. The molecule has 1 aliphatic carbocycles. The molecular weight excluding hydrogens is 598 g/mol.